The largest absolute Gasteiger partial charge is 0.453 e. The number of carbonyl (C=O) groups excluding carboxylic acids is 1. The quantitative estimate of drug-likeness (QED) is 0.463. The number of benzene rings is 1. The van der Waals surface area contributed by atoms with E-state index in [9.17, 15) is 9.18 Å². The van der Waals surface area contributed by atoms with Gasteiger partial charge in [0.15, 0.2) is 11.6 Å². The Morgan fingerprint density at radius 3 is 2.82 bits per heavy atom. The third kappa shape index (κ3) is 3.37. The Morgan fingerprint density at radius 1 is 1.18 bits per heavy atom. The summed E-state index contributed by atoms with van der Waals surface area (Å²) in [5.41, 5.74) is 7.48. The zero-order valence-corrected chi connectivity index (χ0v) is 14.9. The van der Waals surface area contributed by atoms with E-state index in [1.165, 1.54) is 12.1 Å². The molecule has 28 heavy (non-hydrogen) atoms. The van der Waals surface area contributed by atoms with Crippen LogP contribution >= 0.6 is 0 Å². The maximum absolute atomic E-state index is 14.6. The van der Waals surface area contributed by atoms with Crippen molar-refractivity contribution in [3.8, 4) is 11.5 Å². The van der Waals surface area contributed by atoms with E-state index in [1.807, 2.05) is 0 Å². The van der Waals surface area contributed by atoms with Crippen molar-refractivity contribution < 1.29 is 13.9 Å². The molecule has 138 valence electrons. The SMILES string of the molecule is Bc1cnc(Nc2ccc(Oc3ccnc4[nH]ccc34)c(F)c2)c(C(N)=O)c1. The monoisotopic (exact) mass is 375 g/mol. The first-order valence-corrected chi connectivity index (χ1v) is 8.44. The molecule has 0 radical (unpaired) electrons. The number of nitrogens with one attached hydrogen (secondary N) is 2. The fraction of sp³-hybridized carbons (Fsp3) is 0. The van der Waals surface area contributed by atoms with Crippen LogP contribution in [0.1, 0.15) is 10.4 Å². The van der Waals surface area contributed by atoms with E-state index < -0.39 is 11.7 Å². The molecule has 0 atom stereocenters. The topological polar surface area (TPSA) is 106 Å². The molecule has 1 aromatic carbocycles. The number of hydrogen-bond donors (Lipinski definition) is 3. The van der Waals surface area contributed by atoms with E-state index in [0.717, 1.165) is 10.8 Å². The summed E-state index contributed by atoms with van der Waals surface area (Å²) in [6.45, 7) is 0. The van der Waals surface area contributed by atoms with Gasteiger partial charge in [-0.15, -0.1) is 0 Å². The lowest BCUT2D eigenvalue weighted by Crippen LogP contribution is -2.18. The van der Waals surface area contributed by atoms with Crippen LogP contribution in [0, 0.1) is 5.82 Å². The highest BCUT2D eigenvalue weighted by atomic mass is 19.1. The molecule has 0 bridgehead atoms. The number of halogens is 1. The maximum atomic E-state index is 14.6. The molecule has 4 rings (SSSR count). The fourth-order valence-electron chi connectivity index (χ4n) is 2.80. The van der Waals surface area contributed by atoms with Gasteiger partial charge in [0.05, 0.1) is 10.9 Å². The van der Waals surface area contributed by atoms with E-state index in [1.54, 1.807) is 50.7 Å². The lowest BCUT2D eigenvalue weighted by Gasteiger charge is -2.12. The zero-order chi connectivity index (χ0) is 19.7. The average Bonchev–Trinajstić information content (AvgIpc) is 3.15. The summed E-state index contributed by atoms with van der Waals surface area (Å²) in [5, 5.41) is 3.67. The number of amides is 1. The molecule has 0 fully saturated rings. The Morgan fingerprint density at radius 2 is 2.04 bits per heavy atom. The third-order valence-electron chi connectivity index (χ3n) is 4.12. The van der Waals surface area contributed by atoms with Crippen LogP contribution in [0.4, 0.5) is 15.9 Å². The highest BCUT2D eigenvalue weighted by molar-refractivity contribution is 6.32. The molecule has 4 N–H and O–H groups in total. The number of rotatable bonds is 5. The van der Waals surface area contributed by atoms with Gasteiger partial charge in [-0.1, -0.05) is 11.5 Å². The first-order valence-electron chi connectivity index (χ1n) is 8.44. The number of hydrogen-bond acceptors (Lipinski definition) is 5. The molecule has 9 heteroatoms. The Balaban J connectivity index is 1.60. The minimum atomic E-state index is -0.618. The molecule has 0 aliphatic carbocycles. The van der Waals surface area contributed by atoms with Crippen LogP contribution in [0.2, 0.25) is 0 Å². The molecule has 3 heterocycles. The molecule has 0 aliphatic rings. The number of aromatic nitrogens is 3. The van der Waals surface area contributed by atoms with Crippen molar-refractivity contribution in [3.63, 3.8) is 0 Å². The standard InChI is InChI=1S/C19H15BFN5O2/c20-10-7-13(17(22)27)19(25-9-10)26-11-1-2-16(14(21)8-11)28-15-4-6-24-18-12(15)3-5-23-18/h1-9H,20H2,(H2,22,27)(H,23,24)(H,25,26). The van der Waals surface area contributed by atoms with Gasteiger partial charge in [0.1, 0.15) is 25.1 Å². The highest BCUT2D eigenvalue weighted by Gasteiger charge is 2.13. The number of aromatic amines is 1. The molecular weight excluding hydrogens is 360 g/mol. The lowest BCUT2D eigenvalue weighted by molar-refractivity contribution is 0.100. The van der Waals surface area contributed by atoms with Crippen molar-refractivity contribution in [2.75, 3.05) is 5.32 Å². The molecule has 0 spiro atoms. The lowest BCUT2D eigenvalue weighted by atomic mass is 9.96. The molecule has 0 unspecified atom stereocenters. The van der Waals surface area contributed by atoms with Gasteiger partial charge in [0, 0.05) is 30.3 Å². The van der Waals surface area contributed by atoms with Crippen molar-refractivity contribution in [3.05, 3.63) is 66.4 Å². The molecule has 4 aromatic rings. The van der Waals surface area contributed by atoms with E-state index in [0.29, 0.717) is 17.1 Å². The van der Waals surface area contributed by atoms with Crippen LogP contribution in [0.3, 0.4) is 0 Å². The normalized spacial score (nSPS) is 10.8. The Hall–Kier alpha value is -3.88. The summed E-state index contributed by atoms with van der Waals surface area (Å²) in [6.07, 6.45) is 4.91. The molecule has 0 aliphatic heterocycles. The first kappa shape index (κ1) is 17.5. The second kappa shape index (κ2) is 7.03. The predicted octanol–water partition coefficient (Wildman–Crippen LogP) is 1.99. The Labute approximate surface area is 160 Å². The molecular formula is C19H15BFN5O2. The summed E-state index contributed by atoms with van der Waals surface area (Å²) >= 11 is 0. The number of fused-ring (bicyclic) bond motifs is 1. The molecule has 0 saturated heterocycles. The average molecular weight is 375 g/mol. The number of anilines is 2. The minimum absolute atomic E-state index is 0.0613. The second-order valence-electron chi connectivity index (χ2n) is 6.19. The zero-order valence-electron chi connectivity index (χ0n) is 14.9. The summed E-state index contributed by atoms with van der Waals surface area (Å²) in [5.74, 6) is -0.381. The minimum Gasteiger partial charge on any atom is -0.453 e. The van der Waals surface area contributed by atoms with E-state index in [2.05, 4.69) is 20.3 Å². The number of nitrogens with two attached hydrogens (primary N) is 1. The Kier molecular flexibility index (Phi) is 4.40. The van der Waals surface area contributed by atoms with Crippen molar-refractivity contribution in [2.24, 2.45) is 5.73 Å². The third-order valence-corrected chi connectivity index (χ3v) is 4.12. The van der Waals surface area contributed by atoms with Gasteiger partial charge in [-0.05, 0) is 24.3 Å². The summed E-state index contributed by atoms with van der Waals surface area (Å²) in [4.78, 5) is 22.9. The van der Waals surface area contributed by atoms with Crippen LogP contribution in [-0.4, -0.2) is 28.7 Å². The van der Waals surface area contributed by atoms with Crippen LogP contribution in [0.25, 0.3) is 11.0 Å². The first-order chi connectivity index (χ1) is 13.5. The van der Waals surface area contributed by atoms with Gasteiger partial charge >= 0.3 is 0 Å². The van der Waals surface area contributed by atoms with E-state index >= 15 is 0 Å². The van der Waals surface area contributed by atoms with Crippen molar-refractivity contribution in [2.45, 2.75) is 0 Å². The molecule has 1 amide bonds. The number of nitrogens with zero attached hydrogens (tertiary/aromatic N) is 2. The van der Waals surface area contributed by atoms with Gasteiger partial charge in [0.2, 0.25) is 0 Å². The van der Waals surface area contributed by atoms with E-state index in [4.69, 9.17) is 10.5 Å². The van der Waals surface area contributed by atoms with Gasteiger partial charge in [-0.3, -0.25) is 4.79 Å². The van der Waals surface area contributed by atoms with Crippen LogP contribution < -0.4 is 21.3 Å². The fourth-order valence-corrected chi connectivity index (χ4v) is 2.80. The van der Waals surface area contributed by atoms with Crippen molar-refractivity contribution >= 4 is 41.8 Å². The van der Waals surface area contributed by atoms with Crippen LogP contribution in [0.15, 0.2) is 55.0 Å². The summed E-state index contributed by atoms with van der Waals surface area (Å²) in [7, 11) is 1.80. The predicted molar refractivity (Wildman–Crippen MR) is 107 cm³/mol. The molecule has 3 aromatic heterocycles. The molecule has 0 saturated carbocycles. The van der Waals surface area contributed by atoms with Crippen molar-refractivity contribution in [1.29, 1.82) is 0 Å². The number of pyridine rings is 2. The molecule has 7 nitrogen and oxygen atoms in total. The van der Waals surface area contributed by atoms with Gasteiger partial charge in [-0.2, -0.15) is 0 Å². The van der Waals surface area contributed by atoms with Gasteiger partial charge in [-0.25, -0.2) is 14.4 Å². The van der Waals surface area contributed by atoms with Crippen molar-refractivity contribution in [1.82, 2.24) is 15.0 Å². The number of carbonyl (C=O) groups is 1. The van der Waals surface area contributed by atoms with Crippen LogP contribution in [0.5, 0.6) is 11.5 Å². The number of H-pyrrole nitrogens is 1. The van der Waals surface area contributed by atoms with Crippen LogP contribution in [-0.2, 0) is 0 Å². The van der Waals surface area contributed by atoms with Gasteiger partial charge in [0.25, 0.3) is 5.91 Å². The summed E-state index contributed by atoms with van der Waals surface area (Å²) in [6, 6.07) is 9.47. The highest BCUT2D eigenvalue weighted by Crippen LogP contribution is 2.31. The smallest absolute Gasteiger partial charge is 0.252 e. The van der Waals surface area contributed by atoms with E-state index in [-0.39, 0.29) is 17.1 Å². The number of primary amides is 1. The van der Waals surface area contributed by atoms with Gasteiger partial charge < -0.3 is 20.8 Å². The summed E-state index contributed by atoms with van der Waals surface area (Å²) < 4.78 is 20.3. The second-order valence-corrected chi connectivity index (χ2v) is 6.19. The maximum Gasteiger partial charge on any atom is 0.252 e. The number of ether oxygens (including phenoxy) is 1. The Bertz CT molecular complexity index is 1190.